The van der Waals surface area contributed by atoms with Crippen LogP contribution < -0.4 is 16.0 Å². The maximum atomic E-state index is 14.1. The second-order valence-electron chi connectivity index (χ2n) is 21.7. The predicted octanol–water partition coefficient (Wildman–Crippen LogP) is 8.50. The number of halogens is 1. The molecular formula is C58H69ClN10O6S2. The Labute approximate surface area is 463 Å². The summed E-state index contributed by atoms with van der Waals surface area (Å²) in [4.78, 5) is 70.4. The van der Waals surface area contributed by atoms with E-state index in [1.54, 1.807) is 22.7 Å². The largest absolute Gasteiger partial charge is 0.391 e. The summed E-state index contributed by atoms with van der Waals surface area (Å²) < 4.78 is 7.91. The molecule has 0 radical (unpaired) electrons. The van der Waals surface area contributed by atoms with Crippen molar-refractivity contribution in [2.24, 2.45) is 10.4 Å². The summed E-state index contributed by atoms with van der Waals surface area (Å²) >= 11 is 9.55. The number of aliphatic hydroxyl groups excluding tert-OH is 1. The molecular weight excluding hydrogens is 1030 g/mol. The number of β-amino-alcohol motifs (C(OH)–C–C–N with tert-alkyl or cyclic N) is 1. The highest BCUT2D eigenvalue weighted by molar-refractivity contribution is 7.15. The van der Waals surface area contributed by atoms with Gasteiger partial charge in [-0.05, 0) is 112 Å². The lowest BCUT2D eigenvalue weighted by molar-refractivity contribution is -0.144. The number of carbonyl (C=O) groups excluding carboxylic acids is 4. The quantitative estimate of drug-likeness (QED) is 0.0643. The Morgan fingerprint density at radius 3 is 2.27 bits per heavy atom. The summed E-state index contributed by atoms with van der Waals surface area (Å²) in [5.41, 5.74) is 10.2. The molecule has 4 N–H and O–H groups in total. The summed E-state index contributed by atoms with van der Waals surface area (Å²) in [5, 5.41) is 30.3. The molecule has 406 valence electrons. The summed E-state index contributed by atoms with van der Waals surface area (Å²) in [6.45, 7) is 18.5. The van der Waals surface area contributed by atoms with Crippen LogP contribution in [0.3, 0.4) is 0 Å². The van der Waals surface area contributed by atoms with E-state index in [1.807, 2.05) is 95.6 Å². The van der Waals surface area contributed by atoms with Crippen molar-refractivity contribution in [3.63, 3.8) is 0 Å². The molecule has 6 aromatic rings. The zero-order valence-corrected chi connectivity index (χ0v) is 47.5. The molecule has 4 amide bonds. The second-order valence-corrected chi connectivity index (χ2v) is 24.2. The van der Waals surface area contributed by atoms with Gasteiger partial charge in [-0.25, -0.2) is 4.98 Å². The van der Waals surface area contributed by atoms with Crippen LogP contribution in [0.15, 0.2) is 83.3 Å². The highest BCUT2D eigenvalue weighted by atomic mass is 35.5. The fraction of sp³-hybridized carbons (Fsp3) is 0.448. The number of rotatable bonds is 17. The average Bonchev–Trinajstić information content (AvgIpc) is 4.31. The van der Waals surface area contributed by atoms with Crippen molar-refractivity contribution in [3.05, 3.63) is 139 Å². The number of likely N-dealkylation sites (tertiary alicyclic amines) is 2. The molecule has 0 unspecified atom stereocenters. The van der Waals surface area contributed by atoms with E-state index >= 15 is 0 Å². The van der Waals surface area contributed by atoms with Gasteiger partial charge in [-0.3, -0.25) is 28.7 Å². The molecule has 9 rings (SSSR count). The van der Waals surface area contributed by atoms with E-state index in [9.17, 15) is 24.3 Å². The van der Waals surface area contributed by atoms with Gasteiger partial charge in [0.25, 0.3) is 0 Å². The minimum absolute atomic E-state index is 0.00430. The van der Waals surface area contributed by atoms with Crippen LogP contribution in [0, 0.1) is 33.1 Å². The molecule has 2 fully saturated rings. The second kappa shape index (κ2) is 23.8. The first kappa shape index (κ1) is 55.6. The summed E-state index contributed by atoms with van der Waals surface area (Å²) in [6.07, 6.45) is 1.29. The number of thiophene rings is 1. The number of aliphatic imine (C=N–C) groups is 1. The first-order valence-corrected chi connectivity index (χ1v) is 28.5. The molecule has 16 nitrogen and oxygen atoms in total. The molecule has 0 bridgehead atoms. The standard InChI is InChI=1S/C58H69ClN10O6S2/c1-33-36(4)77-57-50(33)51(42-17-19-44(59)20-18-42)63-46(54-66-65-37(5)69(54)57)28-48(71)62-34(2)39-13-15-40(16-14-39)41-21-23-67(24-22-41)25-26-75-31-49(72)64-53(58(6,7)8)56(74)68-30-45(70)27-47(68)55(73)60-29-38-9-11-43(12-10-38)52-35(3)61-32-76-52/h9-20,32,34,41,45-47,53,70H,21-31H2,1-8H3,(H,60,73)(H,62,71)(H,64,72)/t34-,45-,46+,47+,53-/m1/s1. The van der Waals surface area contributed by atoms with Crippen molar-refractivity contribution in [1.29, 1.82) is 0 Å². The van der Waals surface area contributed by atoms with Gasteiger partial charge in [0.2, 0.25) is 23.6 Å². The number of nitrogens with zero attached hydrogens (tertiary/aromatic N) is 7. The van der Waals surface area contributed by atoms with Gasteiger partial charge < -0.3 is 35.6 Å². The van der Waals surface area contributed by atoms with E-state index in [0.717, 1.165) is 86.4 Å². The van der Waals surface area contributed by atoms with E-state index in [1.165, 1.54) is 15.3 Å². The van der Waals surface area contributed by atoms with Crippen LogP contribution in [0.4, 0.5) is 0 Å². The third kappa shape index (κ3) is 12.7. The number of carbonyl (C=O) groups is 4. The normalized spacial score (nSPS) is 18.7. The number of fused-ring (bicyclic) bond motifs is 3. The molecule has 0 saturated carbocycles. The zero-order valence-electron chi connectivity index (χ0n) is 45.1. The Kier molecular flexibility index (Phi) is 17.2. The first-order chi connectivity index (χ1) is 36.8. The third-order valence-corrected chi connectivity index (χ3v) is 17.5. The minimum Gasteiger partial charge on any atom is -0.391 e. The summed E-state index contributed by atoms with van der Waals surface area (Å²) in [5.74, 6) is 0.436. The Hall–Kier alpha value is -6.15. The van der Waals surface area contributed by atoms with Crippen molar-refractivity contribution in [3.8, 4) is 15.4 Å². The molecule has 3 aliphatic heterocycles. The topological polar surface area (TPSA) is 196 Å². The number of aliphatic hydroxyl groups is 1. The van der Waals surface area contributed by atoms with E-state index in [0.29, 0.717) is 29.9 Å². The number of hydrogen-bond donors (Lipinski definition) is 4. The van der Waals surface area contributed by atoms with Gasteiger partial charge in [0.15, 0.2) is 5.82 Å². The van der Waals surface area contributed by atoms with Crippen LogP contribution in [-0.2, 0) is 30.5 Å². The SMILES string of the molecule is Cc1ncsc1-c1ccc(CNC(=O)[C@@H]2C[C@@H](O)CN2C(=O)[C@@H](NC(=O)COCCN2CCC(c3ccc([C@@H](C)NC(=O)C[C@@H]4N=C(c5ccc(Cl)cc5)c5c(sc(C)c5C)-n5c(C)nnc54)cc3)CC2)C(C)(C)C)cc1. The van der Waals surface area contributed by atoms with Crippen LogP contribution in [0.1, 0.15) is 127 Å². The zero-order chi connectivity index (χ0) is 54.7. The molecule has 77 heavy (non-hydrogen) atoms. The van der Waals surface area contributed by atoms with Gasteiger partial charge in [-0.2, -0.15) is 0 Å². The number of aryl methyl sites for hydroxylation is 3. The fourth-order valence-electron chi connectivity index (χ4n) is 10.6. The molecule has 5 atom stereocenters. The highest BCUT2D eigenvalue weighted by Gasteiger charge is 2.44. The lowest BCUT2D eigenvalue weighted by Gasteiger charge is -2.35. The number of aromatic nitrogens is 4. The monoisotopic (exact) mass is 1100 g/mol. The van der Waals surface area contributed by atoms with Gasteiger partial charge in [0.1, 0.15) is 35.6 Å². The van der Waals surface area contributed by atoms with Crippen molar-refractivity contribution < 1.29 is 29.0 Å². The molecule has 2 saturated heterocycles. The Morgan fingerprint density at radius 1 is 0.896 bits per heavy atom. The van der Waals surface area contributed by atoms with E-state index in [4.69, 9.17) is 21.3 Å². The van der Waals surface area contributed by atoms with E-state index < -0.39 is 41.5 Å². The van der Waals surface area contributed by atoms with Crippen LogP contribution in [0.5, 0.6) is 0 Å². The average molecular weight is 1100 g/mol. The molecule has 0 spiro atoms. The fourth-order valence-corrected chi connectivity index (χ4v) is 12.7. The minimum atomic E-state index is -0.946. The Morgan fingerprint density at radius 2 is 1.60 bits per heavy atom. The van der Waals surface area contributed by atoms with E-state index in [-0.39, 0.29) is 50.4 Å². The summed E-state index contributed by atoms with van der Waals surface area (Å²) in [7, 11) is 0. The number of hydrogen-bond acceptors (Lipinski definition) is 13. The molecule has 6 heterocycles. The lowest BCUT2D eigenvalue weighted by atomic mass is 9.85. The molecule has 3 aromatic carbocycles. The van der Waals surface area contributed by atoms with Crippen LogP contribution in [0.2, 0.25) is 5.02 Å². The predicted molar refractivity (Wildman–Crippen MR) is 302 cm³/mol. The number of ether oxygens (including phenoxy) is 1. The summed E-state index contributed by atoms with van der Waals surface area (Å²) in [6, 6.07) is 21.5. The smallest absolute Gasteiger partial charge is 0.246 e. The molecule has 3 aromatic heterocycles. The van der Waals surface area contributed by atoms with Gasteiger partial charge in [-0.1, -0.05) is 93.0 Å². The van der Waals surface area contributed by atoms with Gasteiger partial charge in [0, 0.05) is 47.1 Å². The first-order valence-electron chi connectivity index (χ1n) is 26.4. The van der Waals surface area contributed by atoms with Crippen LogP contribution in [-0.4, -0.2) is 122 Å². The highest BCUT2D eigenvalue weighted by Crippen LogP contribution is 2.40. The number of benzene rings is 3. The number of nitrogens with one attached hydrogen (secondary N) is 3. The molecule has 0 aliphatic carbocycles. The number of amides is 4. The Bertz CT molecular complexity index is 3120. The lowest BCUT2D eigenvalue weighted by Crippen LogP contribution is -2.58. The maximum absolute atomic E-state index is 14.1. The van der Waals surface area contributed by atoms with Crippen LogP contribution in [0.25, 0.3) is 15.4 Å². The van der Waals surface area contributed by atoms with Crippen molar-refractivity contribution in [2.45, 2.75) is 124 Å². The molecule has 19 heteroatoms. The maximum Gasteiger partial charge on any atom is 0.246 e. The van der Waals surface area contributed by atoms with Gasteiger partial charge in [0.05, 0.1) is 47.0 Å². The third-order valence-electron chi connectivity index (χ3n) is 15.1. The number of piperidine rings is 1. The van der Waals surface area contributed by atoms with Gasteiger partial charge >= 0.3 is 0 Å². The molecule has 3 aliphatic rings. The van der Waals surface area contributed by atoms with Gasteiger partial charge in [-0.15, -0.1) is 32.9 Å². The van der Waals surface area contributed by atoms with Crippen LogP contribution >= 0.6 is 34.3 Å². The van der Waals surface area contributed by atoms with Crippen molar-refractivity contribution >= 4 is 63.6 Å². The van der Waals surface area contributed by atoms with Crippen molar-refractivity contribution in [2.75, 3.05) is 39.4 Å². The van der Waals surface area contributed by atoms with E-state index in [2.05, 4.69) is 78.7 Å². The number of thiazole rings is 1. The van der Waals surface area contributed by atoms with Crippen molar-refractivity contribution in [1.82, 2.24) is 45.5 Å². The Balaban J connectivity index is 0.718.